The Morgan fingerprint density at radius 2 is 1.92 bits per heavy atom. The third-order valence-electron chi connectivity index (χ3n) is 1.54. The average molecular weight is 183 g/mol. The Kier molecular flexibility index (Phi) is 5.85. The molecule has 0 saturated heterocycles. The van der Waals surface area contributed by atoms with Crippen LogP contribution >= 0.6 is 0 Å². The summed E-state index contributed by atoms with van der Waals surface area (Å²) in [6.45, 7) is 9.25. The lowest BCUT2D eigenvalue weighted by Crippen LogP contribution is -2.08. The number of carbonyl (C=O) groups is 1. The second kappa shape index (κ2) is 6.40. The van der Waals surface area contributed by atoms with E-state index in [0.717, 1.165) is 18.6 Å². The first-order valence-electron chi connectivity index (χ1n) is 4.48. The third-order valence-corrected chi connectivity index (χ3v) is 1.54. The van der Waals surface area contributed by atoms with Crippen molar-refractivity contribution in [3.8, 4) is 0 Å². The molecule has 13 heavy (non-hydrogen) atoms. The number of allylic oxidation sites excluding steroid dienone is 1. The predicted octanol–water partition coefficient (Wildman–Crippen LogP) is 2.32. The van der Waals surface area contributed by atoms with Gasteiger partial charge in [-0.25, -0.2) is 4.79 Å². The fraction of sp³-hybridized carbons (Fsp3) is 0.600. The van der Waals surface area contributed by atoms with Crippen molar-refractivity contribution in [1.29, 1.82) is 0 Å². The van der Waals surface area contributed by atoms with Gasteiger partial charge < -0.3 is 4.74 Å². The van der Waals surface area contributed by atoms with E-state index >= 15 is 0 Å². The third kappa shape index (κ3) is 6.08. The lowest BCUT2D eigenvalue weighted by Gasteiger charge is -2.01. The maximum Gasteiger partial charge on any atom is 0.332 e. The molecule has 0 atom stereocenters. The molecule has 0 bridgehead atoms. The molecule has 0 amide bonds. The van der Waals surface area contributed by atoms with Gasteiger partial charge in [0.2, 0.25) is 0 Å². The molecule has 0 spiro atoms. The summed E-state index contributed by atoms with van der Waals surface area (Å²) < 4.78 is 4.75. The Hall–Kier alpha value is -1.12. The van der Waals surface area contributed by atoms with Crippen molar-refractivity contribution in [2.75, 3.05) is 6.54 Å². The summed E-state index contributed by atoms with van der Waals surface area (Å²) in [6.07, 6.45) is 1.77. The van der Waals surface area contributed by atoms with Gasteiger partial charge in [-0.3, -0.25) is 4.99 Å². The zero-order valence-electron chi connectivity index (χ0n) is 8.59. The van der Waals surface area contributed by atoms with E-state index in [0.29, 0.717) is 5.76 Å². The summed E-state index contributed by atoms with van der Waals surface area (Å²) in [5, 5.41) is 0. The Morgan fingerprint density at radius 3 is 2.31 bits per heavy atom. The molecule has 0 unspecified atom stereocenters. The molecule has 0 rings (SSSR count). The highest BCUT2D eigenvalue weighted by atomic mass is 16.5. The zero-order valence-corrected chi connectivity index (χ0v) is 8.59. The number of hydrogen-bond acceptors (Lipinski definition) is 3. The van der Waals surface area contributed by atoms with Crippen LogP contribution in [0.15, 0.2) is 17.3 Å². The van der Waals surface area contributed by atoms with Crippen molar-refractivity contribution in [3.63, 3.8) is 0 Å². The van der Waals surface area contributed by atoms with Gasteiger partial charge in [0.05, 0.1) is 5.76 Å². The molecule has 0 fully saturated rings. The topological polar surface area (TPSA) is 38.7 Å². The van der Waals surface area contributed by atoms with Crippen LogP contribution in [0.25, 0.3) is 0 Å². The van der Waals surface area contributed by atoms with Crippen LogP contribution in [-0.4, -0.2) is 18.2 Å². The summed E-state index contributed by atoms with van der Waals surface area (Å²) in [6, 6.07) is 0. The van der Waals surface area contributed by atoms with E-state index in [1.54, 1.807) is 6.92 Å². The number of aliphatic imine (C=N–C) groups is 1. The van der Waals surface area contributed by atoms with Crippen LogP contribution in [0.1, 0.15) is 33.6 Å². The molecule has 0 aliphatic heterocycles. The fourth-order valence-corrected chi connectivity index (χ4v) is 0.877. The van der Waals surface area contributed by atoms with Crippen molar-refractivity contribution in [1.82, 2.24) is 0 Å². The highest BCUT2D eigenvalue weighted by Gasteiger charge is 2.01. The van der Waals surface area contributed by atoms with E-state index in [1.165, 1.54) is 0 Å². The van der Waals surface area contributed by atoms with Crippen molar-refractivity contribution in [2.45, 2.75) is 33.6 Å². The van der Waals surface area contributed by atoms with Crippen molar-refractivity contribution in [3.05, 3.63) is 12.3 Å². The summed E-state index contributed by atoms with van der Waals surface area (Å²) in [5.74, 6) is 0.0710. The highest BCUT2D eigenvalue weighted by molar-refractivity contribution is 5.86. The van der Waals surface area contributed by atoms with Gasteiger partial charge in [-0.2, -0.15) is 0 Å². The minimum absolute atomic E-state index is 0.101. The molecule has 0 radical (unpaired) electrons. The van der Waals surface area contributed by atoms with E-state index in [-0.39, 0.29) is 12.5 Å². The SMILES string of the molecule is C=C(C)OC(=O)CN=C(CC)CC. The van der Waals surface area contributed by atoms with Gasteiger partial charge in [-0.1, -0.05) is 20.4 Å². The van der Waals surface area contributed by atoms with Crippen LogP contribution < -0.4 is 0 Å². The summed E-state index contributed by atoms with van der Waals surface area (Å²) in [4.78, 5) is 15.1. The first kappa shape index (κ1) is 11.9. The molecule has 0 aliphatic rings. The van der Waals surface area contributed by atoms with Gasteiger partial charge in [0.25, 0.3) is 0 Å². The van der Waals surface area contributed by atoms with Gasteiger partial charge in [-0.15, -0.1) is 0 Å². The van der Waals surface area contributed by atoms with Gasteiger partial charge in [0, 0.05) is 5.71 Å². The Labute approximate surface area is 79.5 Å². The van der Waals surface area contributed by atoms with E-state index in [1.807, 2.05) is 13.8 Å². The van der Waals surface area contributed by atoms with Crippen LogP contribution in [0.4, 0.5) is 0 Å². The number of rotatable bonds is 5. The van der Waals surface area contributed by atoms with E-state index in [4.69, 9.17) is 4.74 Å². The Bertz CT molecular complexity index is 213. The van der Waals surface area contributed by atoms with E-state index in [9.17, 15) is 4.79 Å². The lowest BCUT2D eigenvalue weighted by molar-refractivity contribution is -0.137. The molecule has 0 aliphatic carbocycles. The van der Waals surface area contributed by atoms with Crippen LogP contribution in [0.2, 0.25) is 0 Å². The van der Waals surface area contributed by atoms with Crippen LogP contribution in [0.5, 0.6) is 0 Å². The molecule has 0 saturated carbocycles. The molecule has 74 valence electrons. The Morgan fingerprint density at radius 1 is 1.38 bits per heavy atom. The first-order chi connectivity index (χ1) is 6.10. The predicted molar refractivity (Wildman–Crippen MR) is 53.8 cm³/mol. The largest absolute Gasteiger partial charge is 0.431 e. The molecule has 3 heteroatoms. The summed E-state index contributed by atoms with van der Waals surface area (Å²) >= 11 is 0. The standard InChI is InChI=1S/C10H17NO2/c1-5-9(6-2)11-7-10(12)13-8(3)4/h3,5-7H2,1-2,4H3. The maximum atomic E-state index is 11.0. The normalized spacial score (nSPS) is 9.15. The molecular formula is C10H17NO2. The summed E-state index contributed by atoms with van der Waals surface area (Å²) in [5.41, 5.74) is 1.04. The minimum Gasteiger partial charge on any atom is -0.431 e. The summed E-state index contributed by atoms with van der Waals surface area (Å²) in [7, 11) is 0. The number of hydrogen-bond donors (Lipinski definition) is 0. The zero-order chi connectivity index (χ0) is 10.3. The molecule has 0 aromatic heterocycles. The number of ether oxygens (including phenoxy) is 1. The second-order valence-corrected chi connectivity index (χ2v) is 2.77. The number of nitrogens with zero attached hydrogens (tertiary/aromatic N) is 1. The molecule has 0 N–H and O–H groups in total. The van der Waals surface area contributed by atoms with Crippen LogP contribution in [-0.2, 0) is 9.53 Å². The van der Waals surface area contributed by atoms with Crippen molar-refractivity contribution < 1.29 is 9.53 Å². The number of carbonyl (C=O) groups excluding carboxylic acids is 1. The van der Waals surface area contributed by atoms with E-state index in [2.05, 4.69) is 11.6 Å². The number of esters is 1. The lowest BCUT2D eigenvalue weighted by atomic mass is 10.2. The van der Waals surface area contributed by atoms with Crippen LogP contribution in [0.3, 0.4) is 0 Å². The monoisotopic (exact) mass is 183 g/mol. The first-order valence-corrected chi connectivity index (χ1v) is 4.48. The molecule has 3 nitrogen and oxygen atoms in total. The highest BCUT2D eigenvalue weighted by Crippen LogP contribution is 1.95. The van der Waals surface area contributed by atoms with E-state index < -0.39 is 0 Å². The average Bonchev–Trinajstić information content (AvgIpc) is 2.05. The van der Waals surface area contributed by atoms with Crippen molar-refractivity contribution in [2.24, 2.45) is 4.99 Å². The van der Waals surface area contributed by atoms with Gasteiger partial charge >= 0.3 is 5.97 Å². The van der Waals surface area contributed by atoms with Gasteiger partial charge in [0.15, 0.2) is 0 Å². The minimum atomic E-state index is -0.341. The molecular weight excluding hydrogens is 166 g/mol. The van der Waals surface area contributed by atoms with Crippen molar-refractivity contribution >= 4 is 11.7 Å². The van der Waals surface area contributed by atoms with Crippen LogP contribution in [0, 0.1) is 0 Å². The fourth-order valence-electron chi connectivity index (χ4n) is 0.877. The molecule has 0 aromatic carbocycles. The second-order valence-electron chi connectivity index (χ2n) is 2.77. The smallest absolute Gasteiger partial charge is 0.332 e. The molecule has 0 heterocycles. The quantitative estimate of drug-likeness (QED) is 0.373. The Balaban J connectivity index is 3.92. The van der Waals surface area contributed by atoms with Gasteiger partial charge in [-0.05, 0) is 19.8 Å². The molecule has 0 aromatic rings. The maximum absolute atomic E-state index is 11.0. The van der Waals surface area contributed by atoms with Gasteiger partial charge in [0.1, 0.15) is 6.54 Å².